The van der Waals surface area contributed by atoms with E-state index in [9.17, 15) is 9.59 Å². The van der Waals surface area contributed by atoms with Crippen molar-refractivity contribution in [2.45, 2.75) is 31.8 Å². The Bertz CT molecular complexity index is 603. The van der Waals surface area contributed by atoms with Crippen LogP contribution in [0.1, 0.15) is 35.2 Å². The normalized spacial score (nSPS) is 27.5. The molecular formula is C18H26ClN3O2. The van der Waals surface area contributed by atoms with Crippen molar-refractivity contribution < 1.29 is 9.59 Å². The fourth-order valence-electron chi connectivity index (χ4n) is 4.21. The predicted molar refractivity (Wildman–Crippen MR) is 95.9 cm³/mol. The zero-order valence-electron chi connectivity index (χ0n) is 14.2. The van der Waals surface area contributed by atoms with E-state index in [1.165, 1.54) is 6.42 Å². The largest absolute Gasteiger partial charge is 0.355 e. The summed E-state index contributed by atoms with van der Waals surface area (Å²) in [6, 6.07) is 7.40. The molecule has 4 unspecified atom stereocenters. The molecule has 4 atom stereocenters. The smallest absolute Gasteiger partial charge is 0.251 e. The van der Waals surface area contributed by atoms with Crippen LogP contribution >= 0.6 is 12.4 Å². The molecule has 2 bridgehead atoms. The van der Waals surface area contributed by atoms with Crippen molar-refractivity contribution in [3.8, 4) is 0 Å². The van der Waals surface area contributed by atoms with Crippen LogP contribution in [-0.4, -0.2) is 36.9 Å². The number of nitrogens with zero attached hydrogens (tertiary/aromatic N) is 1. The monoisotopic (exact) mass is 351 g/mol. The summed E-state index contributed by atoms with van der Waals surface area (Å²) in [5, 5.41) is 2.60. The first-order valence-corrected chi connectivity index (χ1v) is 8.33. The Balaban J connectivity index is 0.00000208. The summed E-state index contributed by atoms with van der Waals surface area (Å²) in [6.45, 7) is 0.549. The third-order valence-corrected chi connectivity index (χ3v) is 5.50. The van der Waals surface area contributed by atoms with Crippen LogP contribution in [0.5, 0.6) is 0 Å². The van der Waals surface area contributed by atoms with Gasteiger partial charge in [0.2, 0.25) is 5.91 Å². The highest BCUT2D eigenvalue weighted by Gasteiger charge is 2.49. The molecule has 2 aliphatic carbocycles. The summed E-state index contributed by atoms with van der Waals surface area (Å²) in [5.41, 5.74) is 7.92. The molecule has 2 amide bonds. The van der Waals surface area contributed by atoms with E-state index in [2.05, 4.69) is 5.32 Å². The average Bonchev–Trinajstić information content (AvgIpc) is 3.15. The molecule has 1 aromatic carbocycles. The highest BCUT2D eigenvalue weighted by atomic mass is 35.5. The molecule has 0 saturated heterocycles. The minimum Gasteiger partial charge on any atom is -0.355 e. The van der Waals surface area contributed by atoms with Crippen molar-refractivity contribution in [2.24, 2.45) is 23.5 Å². The lowest BCUT2D eigenvalue weighted by atomic mass is 9.84. The van der Waals surface area contributed by atoms with Gasteiger partial charge in [-0.15, -0.1) is 12.4 Å². The molecule has 0 aliphatic heterocycles. The number of carbonyl (C=O) groups excluding carboxylic acids is 2. The first-order chi connectivity index (χ1) is 11.0. The number of hydrogen-bond acceptors (Lipinski definition) is 3. The summed E-state index contributed by atoms with van der Waals surface area (Å²) in [6.07, 6.45) is 3.44. The topological polar surface area (TPSA) is 75.4 Å². The van der Waals surface area contributed by atoms with Gasteiger partial charge in [0.25, 0.3) is 5.91 Å². The third-order valence-electron chi connectivity index (χ3n) is 5.50. The molecule has 3 N–H and O–H groups in total. The first kappa shape index (κ1) is 18.7. The van der Waals surface area contributed by atoms with Gasteiger partial charge < -0.3 is 16.0 Å². The van der Waals surface area contributed by atoms with Gasteiger partial charge in [-0.2, -0.15) is 0 Å². The molecule has 1 aromatic rings. The van der Waals surface area contributed by atoms with E-state index in [0.717, 1.165) is 18.4 Å². The Morgan fingerprint density at radius 1 is 1.21 bits per heavy atom. The molecule has 3 rings (SSSR count). The fraction of sp³-hybridized carbons (Fsp3) is 0.556. The Morgan fingerprint density at radius 3 is 2.38 bits per heavy atom. The van der Waals surface area contributed by atoms with Crippen LogP contribution in [0.3, 0.4) is 0 Å². The zero-order chi connectivity index (χ0) is 16.6. The van der Waals surface area contributed by atoms with E-state index < -0.39 is 0 Å². The molecule has 0 heterocycles. The van der Waals surface area contributed by atoms with Gasteiger partial charge in [-0.3, -0.25) is 9.59 Å². The van der Waals surface area contributed by atoms with Gasteiger partial charge in [-0.05, 0) is 48.8 Å². The Morgan fingerprint density at radius 2 is 1.83 bits per heavy atom. The molecular weight excluding hydrogens is 326 g/mol. The van der Waals surface area contributed by atoms with Crippen molar-refractivity contribution >= 4 is 24.2 Å². The summed E-state index contributed by atoms with van der Waals surface area (Å²) < 4.78 is 0. The van der Waals surface area contributed by atoms with Gasteiger partial charge in [0.1, 0.15) is 0 Å². The van der Waals surface area contributed by atoms with Crippen molar-refractivity contribution in [1.29, 1.82) is 0 Å². The summed E-state index contributed by atoms with van der Waals surface area (Å²) >= 11 is 0. The van der Waals surface area contributed by atoms with E-state index in [0.29, 0.717) is 23.9 Å². The van der Waals surface area contributed by atoms with Crippen LogP contribution in [0, 0.1) is 17.8 Å². The van der Waals surface area contributed by atoms with E-state index in [1.54, 1.807) is 24.1 Å². The van der Waals surface area contributed by atoms with Gasteiger partial charge in [0.15, 0.2) is 0 Å². The molecule has 0 aromatic heterocycles. The number of halogens is 1. The molecule has 132 valence electrons. The Hall–Kier alpha value is -1.59. The number of carbonyl (C=O) groups is 2. The van der Waals surface area contributed by atoms with Crippen LogP contribution < -0.4 is 11.1 Å². The molecule has 0 radical (unpaired) electrons. The van der Waals surface area contributed by atoms with Gasteiger partial charge in [-0.1, -0.05) is 12.1 Å². The van der Waals surface area contributed by atoms with Gasteiger partial charge >= 0.3 is 0 Å². The summed E-state index contributed by atoms with van der Waals surface area (Å²) in [7, 11) is 3.45. The Labute approximate surface area is 149 Å². The maximum atomic E-state index is 12.8. The number of nitrogens with one attached hydrogen (secondary N) is 1. The molecule has 2 aliphatic rings. The lowest BCUT2D eigenvalue weighted by Gasteiger charge is -2.30. The standard InChI is InChI=1S/C18H25N3O2.ClH/c1-20-17(22)12-5-3-11(4-6-12)10-21(2)18(23)15-13-7-8-14(9-13)16(15)19;/h3-6,13-16H,7-10,19H2,1-2H3,(H,20,22);1H. The molecule has 0 spiro atoms. The third kappa shape index (κ3) is 3.42. The second-order valence-electron chi connectivity index (χ2n) is 6.91. The first-order valence-electron chi connectivity index (χ1n) is 8.33. The summed E-state index contributed by atoms with van der Waals surface area (Å²) in [5.74, 6) is 1.06. The van der Waals surface area contributed by atoms with Crippen LogP contribution in [0.15, 0.2) is 24.3 Å². The average molecular weight is 352 g/mol. The highest BCUT2D eigenvalue weighted by molar-refractivity contribution is 5.93. The van der Waals surface area contributed by atoms with E-state index in [1.807, 2.05) is 19.2 Å². The minimum absolute atomic E-state index is 0. The maximum Gasteiger partial charge on any atom is 0.251 e. The molecule has 24 heavy (non-hydrogen) atoms. The minimum atomic E-state index is -0.103. The number of rotatable bonds is 4. The number of nitrogens with two attached hydrogens (primary N) is 1. The fourth-order valence-corrected chi connectivity index (χ4v) is 4.21. The van der Waals surface area contributed by atoms with Gasteiger partial charge in [-0.25, -0.2) is 0 Å². The van der Waals surface area contributed by atoms with Crippen molar-refractivity contribution in [2.75, 3.05) is 14.1 Å². The predicted octanol–water partition coefficient (Wildman–Crippen LogP) is 1.80. The SMILES string of the molecule is CNC(=O)c1ccc(CN(C)C(=O)C2C3CCC(C3)C2N)cc1.Cl. The van der Waals surface area contributed by atoms with Crippen molar-refractivity contribution in [3.63, 3.8) is 0 Å². The van der Waals surface area contributed by atoms with Crippen molar-refractivity contribution in [1.82, 2.24) is 10.2 Å². The zero-order valence-corrected chi connectivity index (χ0v) is 15.0. The molecule has 2 saturated carbocycles. The van der Waals surface area contributed by atoms with Crippen LogP contribution in [0.25, 0.3) is 0 Å². The number of hydrogen-bond donors (Lipinski definition) is 2. The molecule has 5 nitrogen and oxygen atoms in total. The maximum absolute atomic E-state index is 12.8. The lowest BCUT2D eigenvalue weighted by Crippen LogP contribution is -2.45. The van der Waals surface area contributed by atoms with E-state index in [-0.39, 0.29) is 36.2 Å². The van der Waals surface area contributed by atoms with Crippen LogP contribution in [0.4, 0.5) is 0 Å². The number of fused-ring (bicyclic) bond motifs is 2. The van der Waals surface area contributed by atoms with Crippen molar-refractivity contribution in [3.05, 3.63) is 35.4 Å². The molecule has 2 fully saturated rings. The van der Waals surface area contributed by atoms with E-state index in [4.69, 9.17) is 5.73 Å². The molecule has 6 heteroatoms. The highest BCUT2D eigenvalue weighted by Crippen LogP contribution is 2.48. The van der Waals surface area contributed by atoms with Crippen LogP contribution in [-0.2, 0) is 11.3 Å². The van der Waals surface area contributed by atoms with Gasteiger partial charge in [0.05, 0.1) is 5.92 Å². The summed E-state index contributed by atoms with van der Waals surface area (Å²) in [4.78, 5) is 26.1. The number of benzene rings is 1. The van der Waals surface area contributed by atoms with Gasteiger partial charge in [0, 0.05) is 32.2 Å². The second-order valence-corrected chi connectivity index (χ2v) is 6.91. The second kappa shape index (κ2) is 7.53. The lowest BCUT2D eigenvalue weighted by molar-refractivity contribution is -0.137. The van der Waals surface area contributed by atoms with Crippen LogP contribution in [0.2, 0.25) is 0 Å². The number of amides is 2. The van der Waals surface area contributed by atoms with E-state index >= 15 is 0 Å². The quantitative estimate of drug-likeness (QED) is 0.868. The Kier molecular flexibility index (Phi) is 5.88.